The molecule has 14 nitrogen and oxygen atoms in total. The molecule has 0 aromatic carbocycles. The minimum absolute atomic E-state index is 0.0107. The van der Waals surface area contributed by atoms with Crippen molar-refractivity contribution in [1.82, 2.24) is 34.7 Å². The molecular weight excluding hydrogens is 516 g/mol. The maximum absolute atomic E-state index is 13.5. The maximum atomic E-state index is 13.5. The summed E-state index contributed by atoms with van der Waals surface area (Å²) in [7, 11) is 0.0975. The van der Waals surface area contributed by atoms with E-state index in [2.05, 4.69) is 34.9 Å². The van der Waals surface area contributed by atoms with Crippen molar-refractivity contribution in [2.75, 3.05) is 26.1 Å². The molecule has 1 N–H and O–H groups in total. The van der Waals surface area contributed by atoms with Crippen molar-refractivity contribution in [1.29, 1.82) is 0 Å². The summed E-state index contributed by atoms with van der Waals surface area (Å²) >= 11 is 5.90. The summed E-state index contributed by atoms with van der Waals surface area (Å²) in [6, 6.07) is 0. The van der Waals surface area contributed by atoms with Gasteiger partial charge in [-0.15, -0.1) is 10.2 Å². The Morgan fingerprint density at radius 3 is 2.14 bits per heavy atom. The van der Waals surface area contributed by atoms with Gasteiger partial charge in [-0.05, 0) is 20.8 Å². The molecule has 0 aliphatic rings. The summed E-state index contributed by atoms with van der Waals surface area (Å²) in [5.74, 6) is 0.435. The lowest BCUT2D eigenvalue weighted by molar-refractivity contribution is 0.00154. The first-order chi connectivity index (χ1) is 17.1. The van der Waals surface area contributed by atoms with Crippen molar-refractivity contribution in [3.05, 3.63) is 35.4 Å². The number of anilines is 1. The molecule has 2 atom stereocenters. The maximum Gasteiger partial charge on any atom is 0.245 e. The quantitative estimate of drug-likeness (QED) is 0.354. The van der Waals surface area contributed by atoms with Crippen LogP contribution in [0.2, 0.25) is 5.02 Å². The van der Waals surface area contributed by atoms with E-state index >= 15 is 0 Å². The fraction of sp³-hybridized carbons (Fsp3) is 0.500. The smallest absolute Gasteiger partial charge is 0.245 e. The second-order valence-electron chi connectivity index (χ2n) is 7.67. The van der Waals surface area contributed by atoms with Gasteiger partial charge in [0.1, 0.15) is 24.3 Å². The molecule has 0 aliphatic heterocycles. The first-order valence-corrected chi connectivity index (χ1v) is 12.6. The number of aromatic nitrogens is 7. The number of ether oxygens (including phenoxy) is 4. The lowest BCUT2D eigenvalue weighted by Gasteiger charge is -2.25. The molecule has 0 saturated heterocycles. The fourth-order valence-electron chi connectivity index (χ4n) is 3.20. The van der Waals surface area contributed by atoms with Crippen LogP contribution in [0, 0.1) is 0 Å². The van der Waals surface area contributed by atoms with Gasteiger partial charge in [0.15, 0.2) is 17.3 Å². The summed E-state index contributed by atoms with van der Waals surface area (Å²) in [5.41, 5.74) is 0.181. The Bertz CT molecular complexity index is 1250. The molecule has 0 fully saturated rings. The molecule has 2 unspecified atom stereocenters. The average Bonchev–Trinajstić information content (AvgIpc) is 3.22. The Balaban J connectivity index is 2.07. The normalized spacial score (nSPS) is 13.4. The number of hydrogen-bond donors (Lipinski definition) is 1. The molecule has 0 amide bonds. The van der Waals surface area contributed by atoms with Crippen molar-refractivity contribution in [2.24, 2.45) is 0 Å². The van der Waals surface area contributed by atoms with E-state index in [4.69, 9.17) is 30.5 Å². The van der Waals surface area contributed by atoms with Crippen LogP contribution in [0.25, 0.3) is 5.69 Å². The van der Waals surface area contributed by atoms with Crippen LogP contribution in [0.5, 0.6) is 11.8 Å². The summed E-state index contributed by atoms with van der Waals surface area (Å²) < 4.78 is 52.7. The molecule has 0 bridgehead atoms. The molecule has 0 spiro atoms. The van der Waals surface area contributed by atoms with Crippen molar-refractivity contribution in [3.63, 3.8) is 0 Å². The zero-order chi connectivity index (χ0) is 26.5. The Morgan fingerprint density at radius 2 is 1.61 bits per heavy atom. The minimum Gasteiger partial charge on any atom is -0.479 e. The predicted octanol–water partition coefficient (Wildman–Crippen LogP) is 1.96. The van der Waals surface area contributed by atoms with Gasteiger partial charge in [-0.3, -0.25) is 9.29 Å². The molecule has 3 heterocycles. The van der Waals surface area contributed by atoms with Gasteiger partial charge in [-0.1, -0.05) is 11.6 Å². The first kappa shape index (κ1) is 27.4. The monoisotopic (exact) mass is 542 g/mol. The summed E-state index contributed by atoms with van der Waals surface area (Å²) in [4.78, 5) is 16.5. The molecule has 3 aromatic rings. The highest BCUT2D eigenvalue weighted by molar-refractivity contribution is 7.93. The van der Waals surface area contributed by atoms with Crippen molar-refractivity contribution in [3.8, 4) is 17.4 Å². The van der Waals surface area contributed by atoms with E-state index in [1.54, 1.807) is 13.8 Å². The Labute approximate surface area is 213 Å². The van der Waals surface area contributed by atoms with E-state index < -0.39 is 21.4 Å². The van der Waals surface area contributed by atoms with E-state index in [-0.39, 0.29) is 47.8 Å². The Kier molecular flexibility index (Phi) is 8.94. The molecule has 0 aliphatic carbocycles. The lowest BCUT2D eigenvalue weighted by Crippen LogP contribution is -2.35. The van der Waals surface area contributed by atoms with Crippen LogP contribution in [0.1, 0.15) is 38.5 Å². The van der Waals surface area contributed by atoms with Crippen LogP contribution in [0.4, 0.5) is 5.95 Å². The molecule has 3 rings (SSSR count). The lowest BCUT2D eigenvalue weighted by atomic mass is 10.2. The summed E-state index contributed by atoms with van der Waals surface area (Å²) in [6.45, 7) is 5.01. The molecule has 196 valence electrons. The second kappa shape index (κ2) is 11.7. The van der Waals surface area contributed by atoms with Gasteiger partial charge in [0, 0.05) is 19.5 Å². The molecule has 3 aromatic heterocycles. The first-order valence-electron chi connectivity index (χ1n) is 10.6. The Hall–Kier alpha value is -3.14. The highest BCUT2D eigenvalue weighted by atomic mass is 35.5. The van der Waals surface area contributed by atoms with Gasteiger partial charge in [0.05, 0.1) is 25.3 Å². The van der Waals surface area contributed by atoms with Crippen LogP contribution in [0.15, 0.2) is 18.7 Å². The SMILES string of the molecule is COCc1nnc(NS(=O)(=O)C(C)C(OC(C)C)c2ncc(Cl)cn2)n1-c1c(OC)ncnc1OC. The third kappa shape index (κ3) is 5.98. The average molecular weight is 543 g/mol. The van der Waals surface area contributed by atoms with Crippen molar-refractivity contribution >= 4 is 27.6 Å². The van der Waals surface area contributed by atoms with Gasteiger partial charge in [0.25, 0.3) is 0 Å². The Morgan fingerprint density at radius 1 is 1.00 bits per heavy atom. The van der Waals surface area contributed by atoms with Gasteiger partial charge in [-0.2, -0.15) is 9.97 Å². The molecule has 16 heteroatoms. The van der Waals surface area contributed by atoms with Crippen LogP contribution < -0.4 is 14.2 Å². The van der Waals surface area contributed by atoms with Crippen LogP contribution in [-0.4, -0.2) is 75.8 Å². The number of nitrogens with zero attached hydrogens (tertiary/aromatic N) is 7. The van der Waals surface area contributed by atoms with Crippen LogP contribution >= 0.6 is 11.6 Å². The minimum atomic E-state index is -4.16. The van der Waals surface area contributed by atoms with E-state index in [0.717, 1.165) is 0 Å². The van der Waals surface area contributed by atoms with E-state index in [9.17, 15) is 8.42 Å². The zero-order valence-electron chi connectivity index (χ0n) is 20.5. The third-order valence-corrected chi connectivity index (χ3v) is 6.72. The topological polar surface area (TPSA) is 165 Å². The molecular formula is C20H27ClN8O6S. The van der Waals surface area contributed by atoms with Gasteiger partial charge >= 0.3 is 0 Å². The number of sulfonamides is 1. The molecule has 0 radical (unpaired) electrons. The van der Waals surface area contributed by atoms with Gasteiger partial charge in [0.2, 0.25) is 27.7 Å². The summed E-state index contributed by atoms with van der Waals surface area (Å²) in [5, 5.41) is 7.23. The van der Waals surface area contributed by atoms with Crippen LogP contribution in [0.3, 0.4) is 0 Å². The van der Waals surface area contributed by atoms with E-state index in [1.807, 2.05) is 0 Å². The molecule has 0 saturated carbocycles. The number of hydrogen-bond acceptors (Lipinski definition) is 12. The fourth-order valence-corrected chi connectivity index (χ4v) is 4.39. The highest BCUT2D eigenvalue weighted by Crippen LogP contribution is 2.33. The number of rotatable bonds is 12. The van der Waals surface area contributed by atoms with E-state index in [0.29, 0.717) is 5.02 Å². The molecule has 36 heavy (non-hydrogen) atoms. The summed E-state index contributed by atoms with van der Waals surface area (Å²) in [6.07, 6.45) is 2.65. The number of halogens is 1. The van der Waals surface area contributed by atoms with E-state index in [1.165, 1.54) is 51.5 Å². The second-order valence-corrected chi connectivity index (χ2v) is 10.1. The third-order valence-electron chi connectivity index (χ3n) is 4.83. The standard InChI is InChI=1S/C20H27ClN8O6S/c1-11(2)35-16(17-22-7-13(21)8-23-17)12(3)36(30,31)28-20-27-26-14(9-32-4)29(20)15-18(33-5)24-10-25-19(15)34-6/h7-8,10-12,16H,9H2,1-6H3,(H,27,28). The zero-order valence-corrected chi connectivity index (χ0v) is 22.1. The number of nitrogens with one attached hydrogen (secondary N) is 1. The number of methoxy groups -OCH3 is 3. The predicted molar refractivity (Wildman–Crippen MR) is 129 cm³/mol. The van der Waals surface area contributed by atoms with Crippen molar-refractivity contribution in [2.45, 2.75) is 44.8 Å². The van der Waals surface area contributed by atoms with Crippen molar-refractivity contribution < 1.29 is 27.4 Å². The highest BCUT2D eigenvalue weighted by Gasteiger charge is 2.36. The van der Waals surface area contributed by atoms with Gasteiger partial charge in [-0.25, -0.2) is 18.4 Å². The largest absolute Gasteiger partial charge is 0.479 e. The van der Waals surface area contributed by atoms with Crippen LogP contribution in [-0.2, 0) is 26.1 Å². The van der Waals surface area contributed by atoms with Gasteiger partial charge < -0.3 is 18.9 Å².